The topological polar surface area (TPSA) is 89.7 Å². The van der Waals surface area contributed by atoms with E-state index < -0.39 is 15.9 Å². The number of anilines is 1. The van der Waals surface area contributed by atoms with Crippen LogP contribution in [0.2, 0.25) is 0 Å². The van der Waals surface area contributed by atoms with Gasteiger partial charge in [0.15, 0.2) is 0 Å². The predicted octanol–water partition coefficient (Wildman–Crippen LogP) is 2.36. The van der Waals surface area contributed by atoms with Crippen molar-refractivity contribution in [3.8, 4) is 5.75 Å². The van der Waals surface area contributed by atoms with Crippen LogP contribution in [0, 0.1) is 5.92 Å². The number of amides is 1. The summed E-state index contributed by atoms with van der Waals surface area (Å²) in [6.45, 7) is 0.504. The van der Waals surface area contributed by atoms with E-state index in [0.29, 0.717) is 29.9 Å². The maximum atomic E-state index is 11.8. The monoisotopic (exact) mass is 374 g/mol. The summed E-state index contributed by atoms with van der Waals surface area (Å²) in [6, 6.07) is 14.8. The fourth-order valence-corrected chi connectivity index (χ4v) is 3.41. The van der Waals surface area contributed by atoms with E-state index in [-0.39, 0.29) is 5.56 Å². The molecule has 0 saturated heterocycles. The quantitative estimate of drug-likeness (QED) is 0.806. The molecular weight excluding hydrogens is 352 g/mol. The number of ether oxygens (including phenoxy) is 1. The Hall–Kier alpha value is -2.54. The molecule has 2 aromatic carbocycles. The Balaban J connectivity index is 1.73. The van der Waals surface area contributed by atoms with Crippen molar-refractivity contribution in [1.82, 2.24) is 0 Å². The van der Waals surface area contributed by atoms with Crippen molar-refractivity contribution < 1.29 is 17.9 Å². The van der Waals surface area contributed by atoms with Gasteiger partial charge in [0.25, 0.3) is 0 Å². The first-order chi connectivity index (χ1) is 12.3. The minimum absolute atomic E-state index is 0.211. The molecule has 138 valence electrons. The predicted molar refractivity (Wildman–Crippen MR) is 101 cm³/mol. The standard InChI is InChI=1S/C19H22N2O4S/c1-21(26(2,23)24)16-8-14(19(20)22)9-17(11-16)25-12-15-10-18(15)13-6-4-3-5-7-13/h3-9,11,15,18H,10,12H2,1-2H3,(H2,20,22). The Morgan fingerprint density at radius 2 is 1.92 bits per heavy atom. The summed E-state index contributed by atoms with van der Waals surface area (Å²) in [5.74, 6) is 0.692. The van der Waals surface area contributed by atoms with E-state index in [9.17, 15) is 13.2 Å². The van der Waals surface area contributed by atoms with Crippen molar-refractivity contribution in [3.63, 3.8) is 0 Å². The van der Waals surface area contributed by atoms with Crippen LogP contribution in [0.25, 0.3) is 0 Å². The lowest BCUT2D eigenvalue weighted by Gasteiger charge is -2.18. The van der Waals surface area contributed by atoms with E-state index in [4.69, 9.17) is 10.5 Å². The molecule has 7 heteroatoms. The maximum absolute atomic E-state index is 11.8. The van der Waals surface area contributed by atoms with Crippen LogP contribution in [0.5, 0.6) is 5.75 Å². The summed E-state index contributed by atoms with van der Waals surface area (Å²) in [7, 11) is -2.03. The molecule has 26 heavy (non-hydrogen) atoms. The van der Waals surface area contributed by atoms with E-state index in [1.165, 1.54) is 18.7 Å². The van der Waals surface area contributed by atoms with Gasteiger partial charge in [0.1, 0.15) is 5.75 Å². The zero-order chi connectivity index (χ0) is 18.9. The Bertz CT molecular complexity index is 912. The first kappa shape index (κ1) is 18.3. The number of nitrogens with zero attached hydrogens (tertiary/aromatic N) is 1. The average Bonchev–Trinajstić information content (AvgIpc) is 3.38. The Morgan fingerprint density at radius 3 is 2.54 bits per heavy atom. The molecule has 3 rings (SSSR count). The number of hydrogen-bond donors (Lipinski definition) is 1. The lowest BCUT2D eigenvalue weighted by Crippen LogP contribution is -2.25. The first-order valence-corrected chi connectivity index (χ1v) is 10.2. The van der Waals surface area contributed by atoms with Gasteiger partial charge in [-0.2, -0.15) is 0 Å². The zero-order valence-corrected chi connectivity index (χ0v) is 15.6. The number of carbonyl (C=O) groups excluding carboxylic acids is 1. The zero-order valence-electron chi connectivity index (χ0n) is 14.8. The molecule has 2 atom stereocenters. The number of primary amides is 1. The van der Waals surface area contributed by atoms with Crippen molar-refractivity contribution >= 4 is 21.6 Å². The molecule has 0 aromatic heterocycles. The van der Waals surface area contributed by atoms with E-state index in [0.717, 1.165) is 17.0 Å². The van der Waals surface area contributed by atoms with Crippen molar-refractivity contribution in [1.29, 1.82) is 0 Å². The fourth-order valence-electron chi connectivity index (χ4n) is 2.93. The van der Waals surface area contributed by atoms with E-state index in [2.05, 4.69) is 12.1 Å². The van der Waals surface area contributed by atoms with Crippen molar-refractivity contribution in [2.24, 2.45) is 11.7 Å². The van der Waals surface area contributed by atoms with Gasteiger partial charge < -0.3 is 10.5 Å². The van der Waals surface area contributed by atoms with Gasteiger partial charge in [-0.1, -0.05) is 30.3 Å². The van der Waals surface area contributed by atoms with Crippen LogP contribution in [0.3, 0.4) is 0 Å². The lowest BCUT2D eigenvalue weighted by atomic mass is 10.1. The van der Waals surface area contributed by atoms with Crippen LogP contribution in [0.4, 0.5) is 5.69 Å². The van der Waals surface area contributed by atoms with Crippen LogP contribution in [-0.4, -0.2) is 34.2 Å². The highest BCUT2D eigenvalue weighted by Crippen LogP contribution is 2.47. The summed E-state index contributed by atoms with van der Waals surface area (Å²) >= 11 is 0. The van der Waals surface area contributed by atoms with E-state index >= 15 is 0 Å². The van der Waals surface area contributed by atoms with E-state index in [1.807, 2.05) is 18.2 Å². The smallest absolute Gasteiger partial charge is 0.248 e. The summed E-state index contributed by atoms with van der Waals surface area (Å²) < 4.78 is 30.5. The van der Waals surface area contributed by atoms with Gasteiger partial charge in [0, 0.05) is 24.6 Å². The Labute approximate surface area is 153 Å². The molecule has 2 aromatic rings. The molecule has 0 heterocycles. The molecule has 0 aliphatic heterocycles. The maximum Gasteiger partial charge on any atom is 0.248 e. The number of benzene rings is 2. The van der Waals surface area contributed by atoms with Crippen molar-refractivity contribution in [2.75, 3.05) is 24.2 Å². The second kappa shape index (κ2) is 6.99. The molecule has 0 spiro atoms. The Morgan fingerprint density at radius 1 is 1.23 bits per heavy atom. The minimum Gasteiger partial charge on any atom is -0.493 e. The van der Waals surface area contributed by atoms with Crippen LogP contribution in [-0.2, 0) is 10.0 Å². The molecule has 0 bridgehead atoms. The van der Waals surface area contributed by atoms with Crippen LogP contribution >= 0.6 is 0 Å². The summed E-state index contributed by atoms with van der Waals surface area (Å²) in [5, 5.41) is 0. The molecule has 1 amide bonds. The second-order valence-corrected chi connectivity index (χ2v) is 8.65. The van der Waals surface area contributed by atoms with Gasteiger partial charge in [0.2, 0.25) is 15.9 Å². The third-order valence-corrected chi connectivity index (χ3v) is 5.86. The van der Waals surface area contributed by atoms with Gasteiger partial charge in [-0.15, -0.1) is 0 Å². The molecule has 1 fully saturated rings. The number of hydrogen-bond acceptors (Lipinski definition) is 4. The molecule has 1 aliphatic carbocycles. The molecule has 6 nitrogen and oxygen atoms in total. The fraction of sp³-hybridized carbons (Fsp3) is 0.316. The van der Waals surface area contributed by atoms with Gasteiger partial charge in [0.05, 0.1) is 18.6 Å². The van der Waals surface area contributed by atoms with Gasteiger partial charge in [-0.25, -0.2) is 8.42 Å². The highest BCUT2D eigenvalue weighted by atomic mass is 32.2. The second-order valence-electron chi connectivity index (χ2n) is 6.63. The van der Waals surface area contributed by atoms with Gasteiger partial charge >= 0.3 is 0 Å². The molecule has 1 saturated carbocycles. The summed E-state index contributed by atoms with van der Waals surface area (Å²) in [4.78, 5) is 11.6. The SMILES string of the molecule is CN(c1cc(OCC2CC2c2ccccc2)cc(C(N)=O)c1)S(C)(=O)=O. The average molecular weight is 374 g/mol. The van der Waals surface area contributed by atoms with E-state index in [1.54, 1.807) is 12.1 Å². The van der Waals surface area contributed by atoms with Gasteiger partial charge in [-0.05, 0) is 30.0 Å². The molecular formula is C19H22N2O4S. The first-order valence-electron chi connectivity index (χ1n) is 8.32. The largest absolute Gasteiger partial charge is 0.493 e. The van der Waals surface area contributed by atoms with Crippen molar-refractivity contribution in [3.05, 3.63) is 59.7 Å². The summed E-state index contributed by atoms with van der Waals surface area (Å²) in [6.07, 6.45) is 2.15. The van der Waals surface area contributed by atoms with Gasteiger partial charge in [-0.3, -0.25) is 9.10 Å². The molecule has 0 radical (unpaired) electrons. The molecule has 1 aliphatic rings. The lowest BCUT2D eigenvalue weighted by molar-refractivity contribution is 0.1000. The molecule has 2 unspecified atom stereocenters. The highest BCUT2D eigenvalue weighted by Gasteiger charge is 2.38. The van der Waals surface area contributed by atoms with Crippen LogP contribution in [0.1, 0.15) is 28.3 Å². The minimum atomic E-state index is -3.45. The number of carbonyl (C=O) groups is 1. The van der Waals surface area contributed by atoms with Crippen LogP contribution in [0.15, 0.2) is 48.5 Å². The number of sulfonamides is 1. The number of nitrogens with two attached hydrogens (primary N) is 1. The third kappa shape index (κ3) is 4.16. The Kier molecular flexibility index (Phi) is 4.91. The highest BCUT2D eigenvalue weighted by molar-refractivity contribution is 7.92. The third-order valence-electron chi connectivity index (χ3n) is 4.65. The van der Waals surface area contributed by atoms with Crippen LogP contribution < -0.4 is 14.8 Å². The summed E-state index contributed by atoms with van der Waals surface area (Å²) in [5.41, 5.74) is 7.21. The normalized spacial score (nSPS) is 19.0. The van der Waals surface area contributed by atoms with Crippen molar-refractivity contribution in [2.45, 2.75) is 12.3 Å². The number of rotatable bonds is 7. The molecule has 2 N–H and O–H groups in total.